The third-order valence-electron chi connectivity index (χ3n) is 7.65. The van der Waals surface area contributed by atoms with Gasteiger partial charge in [-0.15, -0.1) is 0 Å². The summed E-state index contributed by atoms with van der Waals surface area (Å²) in [5.74, 6) is -2.00. The fourth-order valence-electron chi connectivity index (χ4n) is 5.16. The Kier molecular flexibility index (Phi) is 16.9. The van der Waals surface area contributed by atoms with Gasteiger partial charge in [-0.05, 0) is 42.8 Å². The lowest BCUT2D eigenvalue weighted by atomic mass is 9.86. The van der Waals surface area contributed by atoms with Crippen LogP contribution in [0.25, 0.3) is 0 Å². The smallest absolute Gasteiger partial charge is 0.273 e. The van der Waals surface area contributed by atoms with Crippen LogP contribution in [-0.4, -0.2) is 37.9 Å². The van der Waals surface area contributed by atoms with Gasteiger partial charge in [0.05, 0.1) is 5.75 Å². The number of para-hydroxylation sites is 1. The van der Waals surface area contributed by atoms with Crippen LogP contribution in [0.4, 0.5) is 11.4 Å². The molecule has 0 spiro atoms. The SMILES string of the molecule is CCCCCCCCCCCCCCCC(=O)Nc1ccc(OC(C(=O)Nc2ccccc2)C(=O)C(C)(C)CS(N)(=O)=O)cc1. The van der Waals surface area contributed by atoms with Crippen molar-refractivity contribution >= 4 is 39.0 Å². The van der Waals surface area contributed by atoms with Gasteiger partial charge in [0.2, 0.25) is 22.0 Å². The standard InChI is InChI=1S/C35H53N3O6S/c1-4-5-6-7-8-9-10-11-12-13-14-15-19-22-31(39)37-29-23-25-30(26-24-29)44-32(33(40)35(2,3)27-45(36,42)43)34(41)38-28-20-17-16-18-21-28/h16-18,20-21,23-26,32H,4-15,19,22,27H2,1-3H3,(H,37,39)(H,38,41)(H2,36,42,43). The van der Waals surface area contributed by atoms with E-state index in [0.29, 0.717) is 17.8 Å². The Bertz CT molecular complexity index is 1280. The van der Waals surface area contributed by atoms with Gasteiger partial charge in [0.15, 0.2) is 5.78 Å². The summed E-state index contributed by atoms with van der Waals surface area (Å²) >= 11 is 0. The molecule has 2 aromatic carbocycles. The van der Waals surface area contributed by atoms with E-state index in [1.165, 1.54) is 78.1 Å². The molecule has 0 bridgehead atoms. The van der Waals surface area contributed by atoms with Crippen LogP contribution in [-0.2, 0) is 24.4 Å². The number of hydrogen-bond acceptors (Lipinski definition) is 6. The van der Waals surface area contributed by atoms with E-state index in [1.54, 1.807) is 54.6 Å². The minimum absolute atomic E-state index is 0.0771. The van der Waals surface area contributed by atoms with Gasteiger partial charge in [-0.1, -0.05) is 116 Å². The van der Waals surface area contributed by atoms with Crippen molar-refractivity contribution in [3.05, 3.63) is 54.6 Å². The number of ether oxygens (including phenoxy) is 1. The number of benzene rings is 2. The molecule has 2 rings (SSSR count). The maximum atomic E-state index is 13.4. The molecule has 2 amide bonds. The van der Waals surface area contributed by atoms with Crippen LogP contribution in [0.2, 0.25) is 0 Å². The van der Waals surface area contributed by atoms with Crippen molar-refractivity contribution in [1.82, 2.24) is 0 Å². The van der Waals surface area contributed by atoms with E-state index in [-0.39, 0.29) is 11.7 Å². The van der Waals surface area contributed by atoms with E-state index in [1.807, 2.05) is 0 Å². The Morgan fingerprint density at radius 3 is 1.73 bits per heavy atom. The van der Waals surface area contributed by atoms with Crippen molar-refractivity contribution in [3.8, 4) is 5.75 Å². The molecule has 250 valence electrons. The molecule has 2 aromatic rings. The number of amides is 2. The number of Topliss-reactive ketones (excluding diaryl/α,β-unsaturated/α-hetero) is 1. The van der Waals surface area contributed by atoms with Crippen LogP contribution >= 0.6 is 0 Å². The summed E-state index contributed by atoms with van der Waals surface area (Å²) in [5.41, 5.74) is -0.476. The van der Waals surface area contributed by atoms with Crippen molar-refractivity contribution < 1.29 is 27.5 Å². The van der Waals surface area contributed by atoms with Crippen molar-refractivity contribution in [3.63, 3.8) is 0 Å². The minimum Gasteiger partial charge on any atom is -0.473 e. The predicted molar refractivity (Wildman–Crippen MR) is 182 cm³/mol. The molecule has 0 aliphatic rings. The van der Waals surface area contributed by atoms with Crippen LogP contribution in [0.3, 0.4) is 0 Å². The molecular formula is C35H53N3O6S. The van der Waals surface area contributed by atoms with Crippen LogP contribution in [0, 0.1) is 5.41 Å². The zero-order chi connectivity index (χ0) is 33.1. The quantitative estimate of drug-likeness (QED) is 0.0851. The number of rotatable bonds is 23. The molecule has 10 heteroatoms. The first-order chi connectivity index (χ1) is 21.4. The number of anilines is 2. The normalized spacial score (nSPS) is 12.4. The van der Waals surface area contributed by atoms with E-state index < -0.39 is 39.0 Å². The number of hydrogen-bond donors (Lipinski definition) is 3. The summed E-state index contributed by atoms with van der Waals surface area (Å²) in [5, 5.41) is 10.7. The molecule has 1 unspecified atom stereocenters. The number of sulfonamides is 1. The molecule has 4 N–H and O–H groups in total. The lowest BCUT2D eigenvalue weighted by molar-refractivity contribution is -0.140. The zero-order valence-corrected chi connectivity index (χ0v) is 28.1. The van der Waals surface area contributed by atoms with Crippen LogP contribution < -0.4 is 20.5 Å². The molecule has 0 saturated heterocycles. The summed E-state index contributed by atoms with van der Waals surface area (Å²) in [6.45, 7) is 5.05. The molecule has 0 aromatic heterocycles. The van der Waals surface area contributed by atoms with E-state index in [2.05, 4.69) is 17.6 Å². The van der Waals surface area contributed by atoms with Gasteiger partial charge < -0.3 is 15.4 Å². The van der Waals surface area contributed by atoms with Crippen molar-refractivity contribution in [2.24, 2.45) is 10.6 Å². The largest absolute Gasteiger partial charge is 0.473 e. The number of carbonyl (C=O) groups is 3. The molecule has 0 radical (unpaired) electrons. The highest BCUT2D eigenvalue weighted by atomic mass is 32.2. The Morgan fingerprint density at radius 2 is 1.22 bits per heavy atom. The van der Waals surface area contributed by atoms with Crippen LogP contribution in [0.1, 0.15) is 111 Å². The Labute approximate surface area is 270 Å². The average Bonchev–Trinajstić information content (AvgIpc) is 2.98. The molecule has 9 nitrogen and oxygen atoms in total. The minimum atomic E-state index is -4.00. The molecule has 0 saturated carbocycles. The third kappa shape index (κ3) is 16.1. The fourth-order valence-corrected chi connectivity index (χ4v) is 6.31. The fraction of sp³-hybridized carbons (Fsp3) is 0.571. The second-order valence-electron chi connectivity index (χ2n) is 12.5. The van der Waals surface area contributed by atoms with E-state index >= 15 is 0 Å². The van der Waals surface area contributed by atoms with Gasteiger partial charge in [0.25, 0.3) is 5.91 Å². The molecule has 0 heterocycles. The number of carbonyl (C=O) groups excluding carboxylic acids is 3. The summed E-state index contributed by atoms with van der Waals surface area (Å²) < 4.78 is 29.3. The lowest BCUT2D eigenvalue weighted by Gasteiger charge is -2.27. The lowest BCUT2D eigenvalue weighted by Crippen LogP contribution is -2.49. The highest BCUT2D eigenvalue weighted by Gasteiger charge is 2.41. The number of unbranched alkanes of at least 4 members (excludes halogenated alkanes) is 12. The number of ketones is 1. The molecule has 1 atom stereocenters. The van der Waals surface area contributed by atoms with Crippen molar-refractivity contribution in [2.45, 2.75) is 117 Å². The highest BCUT2D eigenvalue weighted by Crippen LogP contribution is 2.25. The van der Waals surface area contributed by atoms with E-state index in [9.17, 15) is 22.8 Å². The first kappa shape index (κ1) is 37.9. The van der Waals surface area contributed by atoms with Crippen molar-refractivity contribution in [2.75, 3.05) is 16.4 Å². The predicted octanol–water partition coefficient (Wildman–Crippen LogP) is 7.38. The first-order valence-corrected chi connectivity index (χ1v) is 18.1. The van der Waals surface area contributed by atoms with E-state index in [4.69, 9.17) is 9.88 Å². The topological polar surface area (TPSA) is 145 Å². The second-order valence-corrected chi connectivity index (χ2v) is 14.1. The molecule has 45 heavy (non-hydrogen) atoms. The summed E-state index contributed by atoms with van der Waals surface area (Å²) in [6, 6.07) is 14.9. The maximum Gasteiger partial charge on any atom is 0.273 e. The van der Waals surface area contributed by atoms with Gasteiger partial charge in [0.1, 0.15) is 5.75 Å². The Balaban J connectivity index is 1.82. The van der Waals surface area contributed by atoms with Gasteiger partial charge in [-0.25, -0.2) is 13.6 Å². The third-order valence-corrected chi connectivity index (χ3v) is 8.77. The zero-order valence-electron chi connectivity index (χ0n) is 27.3. The molecule has 0 aliphatic heterocycles. The number of nitrogens with two attached hydrogens (primary N) is 1. The molecular weight excluding hydrogens is 590 g/mol. The maximum absolute atomic E-state index is 13.4. The van der Waals surface area contributed by atoms with Crippen LogP contribution in [0.5, 0.6) is 5.75 Å². The summed E-state index contributed by atoms with van der Waals surface area (Å²) in [4.78, 5) is 39.0. The number of primary sulfonamides is 1. The number of nitrogens with one attached hydrogen (secondary N) is 2. The summed E-state index contributed by atoms with van der Waals surface area (Å²) in [7, 11) is -4.00. The molecule has 0 fully saturated rings. The van der Waals surface area contributed by atoms with Gasteiger partial charge in [-0.3, -0.25) is 14.4 Å². The monoisotopic (exact) mass is 643 g/mol. The Hall–Kier alpha value is -3.24. The van der Waals surface area contributed by atoms with Gasteiger partial charge in [-0.2, -0.15) is 0 Å². The van der Waals surface area contributed by atoms with Crippen molar-refractivity contribution in [1.29, 1.82) is 0 Å². The second kappa shape index (κ2) is 20.0. The first-order valence-electron chi connectivity index (χ1n) is 16.4. The van der Waals surface area contributed by atoms with Crippen LogP contribution in [0.15, 0.2) is 54.6 Å². The average molecular weight is 644 g/mol. The molecule has 0 aliphatic carbocycles. The van der Waals surface area contributed by atoms with Gasteiger partial charge in [0, 0.05) is 23.2 Å². The van der Waals surface area contributed by atoms with Gasteiger partial charge >= 0.3 is 0 Å². The summed E-state index contributed by atoms with van der Waals surface area (Å²) in [6.07, 6.45) is 15.0. The Morgan fingerprint density at radius 1 is 0.733 bits per heavy atom. The highest BCUT2D eigenvalue weighted by molar-refractivity contribution is 7.89. The van der Waals surface area contributed by atoms with E-state index in [0.717, 1.165) is 19.3 Å².